The van der Waals surface area contributed by atoms with Gasteiger partial charge in [0.05, 0.1) is 36.9 Å². The molecule has 0 aliphatic carbocycles. The lowest BCUT2D eigenvalue weighted by molar-refractivity contribution is -0.138. The van der Waals surface area contributed by atoms with Crippen LogP contribution in [0.5, 0.6) is 0 Å². The van der Waals surface area contributed by atoms with E-state index in [0.717, 1.165) is 27.6 Å². The van der Waals surface area contributed by atoms with Crippen LogP contribution in [-0.2, 0) is 19.1 Å². The van der Waals surface area contributed by atoms with Crippen LogP contribution in [-0.4, -0.2) is 59.8 Å². The molecule has 0 bridgehead atoms. The third-order valence-corrected chi connectivity index (χ3v) is 6.86. The summed E-state index contributed by atoms with van der Waals surface area (Å²) in [5.41, 5.74) is 5.15. The molecule has 174 valence electrons. The minimum atomic E-state index is -0.422. The van der Waals surface area contributed by atoms with Crippen molar-refractivity contribution in [2.75, 3.05) is 32.9 Å². The molecule has 1 atom stereocenters. The number of allylic oxidation sites excluding steroid dienone is 1. The number of aliphatic imine (C=N–C) groups is 1. The van der Waals surface area contributed by atoms with Crippen LogP contribution in [0.4, 0.5) is 0 Å². The zero-order valence-electron chi connectivity index (χ0n) is 19.3. The van der Waals surface area contributed by atoms with E-state index >= 15 is 0 Å². The molecule has 3 heterocycles. The fourth-order valence-corrected chi connectivity index (χ4v) is 5.31. The Hall–Kier alpha value is -2.84. The van der Waals surface area contributed by atoms with E-state index in [0.29, 0.717) is 37.6 Å². The molecule has 0 radical (unpaired) electrons. The summed E-state index contributed by atoms with van der Waals surface area (Å²) in [7, 11) is 0. The zero-order chi connectivity index (χ0) is 23.5. The number of hydrogen-bond acceptors (Lipinski definition) is 7. The van der Waals surface area contributed by atoms with E-state index < -0.39 is 12.0 Å². The first-order valence-corrected chi connectivity index (χ1v) is 11.9. The highest BCUT2D eigenvalue weighted by atomic mass is 32.2. The topological polar surface area (TPSA) is 71.4 Å². The molecule has 0 saturated carbocycles. The van der Waals surface area contributed by atoms with Crippen molar-refractivity contribution in [3.63, 3.8) is 0 Å². The van der Waals surface area contributed by atoms with Crippen LogP contribution in [0.3, 0.4) is 0 Å². The minimum absolute atomic E-state index is 0.0489. The van der Waals surface area contributed by atoms with Gasteiger partial charge in [-0.25, -0.2) is 9.79 Å². The molecule has 0 spiro atoms. The maximum atomic E-state index is 13.2. The van der Waals surface area contributed by atoms with Gasteiger partial charge in [0.2, 0.25) is 5.91 Å². The number of amidine groups is 1. The minimum Gasteiger partial charge on any atom is -0.458 e. The van der Waals surface area contributed by atoms with Crippen molar-refractivity contribution in [1.82, 2.24) is 9.80 Å². The molecule has 0 N–H and O–H groups in total. The average Bonchev–Trinajstić information content (AvgIpc) is 3.19. The largest absolute Gasteiger partial charge is 0.458 e. The first kappa shape index (κ1) is 23.3. The molecule has 7 nitrogen and oxygen atoms in total. The SMILES string of the molecule is C=CCOC(=O)C1=C(C)N=C2SC=C(CC(=O)N3CCOCC3)N2[C@H]1c1ccc(C)cc1C. The molecule has 3 aliphatic heterocycles. The van der Waals surface area contributed by atoms with Gasteiger partial charge in [-0.05, 0) is 37.3 Å². The number of esters is 1. The van der Waals surface area contributed by atoms with E-state index in [1.807, 2.05) is 42.0 Å². The summed E-state index contributed by atoms with van der Waals surface area (Å²) in [4.78, 5) is 34.8. The highest BCUT2D eigenvalue weighted by Crippen LogP contribution is 2.45. The van der Waals surface area contributed by atoms with Gasteiger partial charge in [-0.3, -0.25) is 4.79 Å². The van der Waals surface area contributed by atoms with Crippen molar-refractivity contribution in [3.8, 4) is 0 Å². The van der Waals surface area contributed by atoms with Crippen molar-refractivity contribution >= 4 is 28.8 Å². The Morgan fingerprint density at radius 2 is 2.03 bits per heavy atom. The molecule has 1 saturated heterocycles. The molecule has 3 aliphatic rings. The lowest BCUT2D eigenvalue weighted by Crippen LogP contribution is -2.42. The summed E-state index contributed by atoms with van der Waals surface area (Å²) in [6.07, 6.45) is 1.79. The van der Waals surface area contributed by atoms with Crippen LogP contribution >= 0.6 is 11.8 Å². The van der Waals surface area contributed by atoms with Gasteiger partial charge in [-0.15, -0.1) is 0 Å². The number of benzene rings is 1. The molecular formula is C25H29N3O4S. The Kier molecular flexibility index (Phi) is 7.05. The van der Waals surface area contributed by atoms with Crippen LogP contribution < -0.4 is 0 Å². The van der Waals surface area contributed by atoms with E-state index in [4.69, 9.17) is 14.5 Å². The second-order valence-electron chi connectivity index (χ2n) is 8.31. The maximum Gasteiger partial charge on any atom is 0.338 e. The van der Waals surface area contributed by atoms with Crippen LogP contribution in [0, 0.1) is 13.8 Å². The number of carbonyl (C=O) groups excluding carboxylic acids is 2. The number of ether oxygens (including phenoxy) is 2. The molecule has 1 aromatic carbocycles. The number of aryl methyl sites for hydroxylation is 2. The predicted octanol–water partition coefficient (Wildman–Crippen LogP) is 3.86. The predicted molar refractivity (Wildman–Crippen MR) is 129 cm³/mol. The molecule has 0 aromatic heterocycles. The molecule has 1 amide bonds. The van der Waals surface area contributed by atoms with Crippen molar-refractivity contribution in [2.45, 2.75) is 33.2 Å². The fourth-order valence-electron chi connectivity index (χ4n) is 4.35. The number of amides is 1. The zero-order valence-corrected chi connectivity index (χ0v) is 20.1. The number of thioether (sulfide) groups is 1. The quantitative estimate of drug-likeness (QED) is 0.467. The van der Waals surface area contributed by atoms with Crippen molar-refractivity contribution in [2.24, 2.45) is 4.99 Å². The van der Waals surface area contributed by atoms with Gasteiger partial charge < -0.3 is 19.3 Å². The van der Waals surface area contributed by atoms with Crippen LogP contribution in [0.1, 0.15) is 36.1 Å². The normalized spacial score (nSPS) is 20.3. The van der Waals surface area contributed by atoms with Crippen molar-refractivity contribution in [3.05, 3.63) is 69.9 Å². The Bertz CT molecular complexity index is 1070. The Balaban J connectivity index is 1.72. The average molecular weight is 468 g/mol. The van der Waals surface area contributed by atoms with Crippen LogP contribution in [0.15, 0.2) is 58.2 Å². The number of rotatable bonds is 6. The highest BCUT2D eigenvalue weighted by Gasteiger charge is 2.42. The lowest BCUT2D eigenvalue weighted by atomic mass is 9.90. The fraction of sp³-hybridized carbons (Fsp3) is 0.400. The Labute approximate surface area is 198 Å². The van der Waals surface area contributed by atoms with E-state index in [9.17, 15) is 9.59 Å². The van der Waals surface area contributed by atoms with Crippen molar-refractivity contribution < 1.29 is 19.1 Å². The number of carbonyl (C=O) groups is 2. The monoisotopic (exact) mass is 467 g/mol. The molecule has 1 fully saturated rings. The number of fused-ring (bicyclic) bond motifs is 1. The third kappa shape index (κ3) is 4.77. The number of nitrogens with zero attached hydrogens (tertiary/aromatic N) is 3. The van der Waals surface area contributed by atoms with E-state index in [1.54, 1.807) is 6.08 Å². The molecular weight excluding hydrogens is 438 g/mol. The number of morpholine rings is 1. The summed E-state index contributed by atoms with van der Waals surface area (Å²) >= 11 is 1.48. The van der Waals surface area contributed by atoms with E-state index in [1.165, 1.54) is 11.8 Å². The van der Waals surface area contributed by atoms with Gasteiger partial charge in [0, 0.05) is 18.8 Å². The molecule has 8 heteroatoms. The molecule has 0 unspecified atom stereocenters. The summed E-state index contributed by atoms with van der Waals surface area (Å²) < 4.78 is 10.8. The molecule has 1 aromatic rings. The molecule has 4 rings (SSSR count). The van der Waals surface area contributed by atoms with Crippen molar-refractivity contribution in [1.29, 1.82) is 0 Å². The number of hydrogen-bond donors (Lipinski definition) is 0. The summed E-state index contributed by atoms with van der Waals surface area (Å²) in [6, 6.07) is 5.78. The van der Waals surface area contributed by atoms with Crippen LogP contribution in [0.2, 0.25) is 0 Å². The summed E-state index contributed by atoms with van der Waals surface area (Å²) in [6.45, 7) is 12.0. The van der Waals surface area contributed by atoms with Gasteiger partial charge in [-0.1, -0.05) is 48.2 Å². The third-order valence-electron chi connectivity index (χ3n) is 5.97. The summed E-state index contributed by atoms with van der Waals surface area (Å²) in [5.74, 6) is -0.372. The van der Waals surface area contributed by atoms with Gasteiger partial charge in [0.1, 0.15) is 6.61 Å². The first-order valence-electron chi connectivity index (χ1n) is 11.1. The second-order valence-corrected chi connectivity index (χ2v) is 9.15. The summed E-state index contributed by atoms with van der Waals surface area (Å²) in [5, 5.41) is 2.74. The van der Waals surface area contributed by atoms with Gasteiger partial charge in [0.25, 0.3) is 0 Å². The van der Waals surface area contributed by atoms with Gasteiger partial charge in [0.15, 0.2) is 5.17 Å². The highest BCUT2D eigenvalue weighted by molar-refractivity contribution is 8.16. The maximum absolute atomic E-state index is 13.2. The Morgan fingerprint density at radius 3 is 2.73 bits per heavy atom. The van der Waals surface area contributed by atoms with Gasteiger partial charge >= 0.3 is 5.97 Å². The van der Waals surface area contributed by atoms with E-state index in [-0.39, 0.29) is 18.9 Å². The second kappa shape index (κ2) is 9.97. The Morgan fingerprint density at radius 1 is 1.27 bits per heavy atom. The first-order chi connectivity index (χ1) is 15.9. The smallest absolute Gasteiger partial charge is 0.338 e. The van der Waals surface area contributed by atoms with E-state index in [2.05, 4.69) is 18.7 Å². The lowest BCUT2D eigenvalue weighted by Gasteiger charge is -2.37. The molecule has 33 heavy (non-hydrogen) atoms. The standard InChI is InChI=1S/C25H29N3O4S/c1-5-10-32-24(30)22-18(4)26-25-28(23(22)20-7-6-16(2)13-17(20)3)19(15-33-25)14-21(29)27-8-11-31-12-9-27/h5-7,13,15,23H,1,8-12,14H2,2-4H3/t23-/m0/s1. The van der Waals surface area contributed by atoms with Gasteiger partial charge in [-0.2, -0.15) is 0 Å². The van der Waals surface area contributed by atoms with Crippen LogP contribution in [0.25, 0.3) is 0 Å².